The lowest BCUT2D eigenvalue weighted by molar-refractivity contribution is 0.269. The number of aryl methyl sites for hydroxylation is 1. The average molecular weight is 311 g/mol. The highest BCUT2D eigenvalue weighted by atomic mass is 79.9. The topological polar surface area (TPSA) is 63.0 Å². The highest BCUT2D eigenvalue weighted by Gasteiger charge is 2.02. The van der Waals surface area contributed by atoms with Gasteiger partial charge in [-0.2, -0.15) is 5.10 Å². The molecule has 0 amide bonds. The van der Waals surface area contributed by atoms with Gasteiger partial charge in [0.2, 0.25) is 0 Å². The zero-order valence-electron chi connectivity index (χ0n) is 10.1. The van der Waals surface area contributed by atoms with Crippen molar-refractivity contribution in [2.24, 2.45) is 0 Å². The fraction of sp³-hybridized carbons (Fsp3) is 0.333. The summed E-state index contributed by atoms with van der Waals surface area (Å²) in [5.41, 5.74) is 3.03. The number of aromatic nitrogens is 3. The van der Waals surface area contributed by atoms with Gasteiger partial charge in [-0.3, -0.25) is 4.68 Å². The maximum Gasteiger partial charge on any atom is 0.106 e. The average Bonchev–Trinajstić information content (AvgIpc) is 2.76. The third-order valence-electron chi connectivity index (χ3n) is 2.55. The summed E-state index contributed by atoms with van der Waals surface area (Å²) in [6, 6.07) is 3.90. The van der Waals surface area contributed by atoms with Crippen LogP contribution < -0.4 is 5.32 Å². The number of hydrogen-bond donors (Lipinski definition) is 2. The first-order chi connectivity index (χ1) is 8.69. The molecule has 0 saturated heterocycles. The smallest absolute Gasteiger partial charge is 0.106 e. The van der Waals surface area contributed by atoms with Crippen molar-refractivity contribution in [2.75, 3.05) is 11.9 Å². The number of halogens is 1. The summed E-state index contributed by atoms with van der Waals surface area (Å²) in [7, 11) is 0. The van der Waals surface area contributed by atoms with E-state index in [2.05, 4.69) is 31.3 Å². The van der Waals surface area contributed by atoms with Crippen LogP contribution >= 0.6 is 15.9 Å². The summed E-state index contributed by atoms with van der Waals surface area (Å²) >= 11 is 3.34. The molecule has 0 unspecified atom stereocenters. The Morgan fingerprint density at radius 3 is 3.00 bits per heavy atom. The monoisotopic (exact) mass is 310 g/mol. The number of anilines is 1. The Morgan fingerprint density at radius 2 is 2.28 bits per heavy atom. The molecule has 2 aromatic heterocycles. The molecule has 0 radical (unpaired) electrons. The predicted molar refractivity (Wildman–Crippen MR) is 73.3 cm³/mol. The van der Waals surface area contributed by atoms with Gasteiger partial charge in [-0.15, -0.1) is 0 Å². The van der Waals surface area contributed by atoms with Crippen molar-refractivity contribution in [1.82, 2.24) is 14.8 Å². The number of pyridine rings is 1. The molecule has 0 atom stereocenters. The van der Waals surface area contributed by atoms with Gasteiger partial charge in [-0.25, -0.2) is 4.98 Å². The van der Waals surface area contributed by atoms with Crippen LogP contribution in [-0.2, 0) is 13.1 Å². The molecule has 0 aliphatic heterocycles. The van der Waals surface area contributed by atoms with Crippen LogP contribution in [0.25, 0.3) is 0 Å². The highest BCUT2D eigenvalue weighted by Crippen LogP contribution is 2.16. The zero-order valence-corrected chi connectivity index (χ0v) is 11.7. The predicted octanol–water partition coefficient (Wildman–Crippen LogP) is 1.95. The largest absolute Gasteiger partial charge is 0.394 e. The number of hydrogen-bond acceptors (Lipinski definition) is 4. The van der Waals surface area contributed by atoms with Gasteiger partial charge in [0.15, 0.2) is 0 Å². The first-order valence-electron chi connectivity index (χ1n) is 5.68. The van der Waals surface area contributed by atoms with Gasteiger partial charge < -0.3 is 10.4 Å². The number of nitrogens with one attached hydrogen (secondary N) is 1. The van der Waals surface area contributed by atoms with Crippen LogP contribution in [-0.4, -0.2) is 26.5 Å². The first-order valence-corrected chi connectivity index (χ1v) is 6.47. The Hall–Kier alpha value is -1.40. The van der Waals surface area contributed by atoms with Crippen LogP contribution in [0.4, 0.5) is 5.69 Å². The third-order valence-corrected chi connectivity index (χ3v) is 2.99. The molecule has 0 fully saturated rings. The van der Waals surface area contributed by atoms with Crippen molar-refractivity contribution in [3.05, 3.63) is 40.4 Å². The highest BCUT2D eigenvalue weighted by molar-refractivity contribution is 9.10. The summed E-state index contributed by atoms with van der Waals surface area (Å²) in [4.78, 5) is 4.32. The summed E-state index contributed by atoms with van der Waals surface area (Å²) in [5.74, 6) is 0. The van der Waals surface area contributed by atoms with Crippen molar-refractivity contribution in [3.8, 4) is 0 Å². The molecule has 2 heterocycles. The van der Waals surface area contributed by atoms with E-state index in [1.807, 2.05) is 25.3 Å². The maximum absolute atomic E-state index is 8.81. The lowest BCUT2D eigenvalue weighted by Gasteiger charge is -2.07. The second-order valence-electron chi connectivity index (χ2n) is 3.96. The van der Waals surface area contributed by atoms with Crippen molar-refractivity contribution in [3.63, 3.8) is 0 Å². The van der Waals surface area contributed by atoms with Gasteiger partial charge in [0, 0.05) is 18.3 Å². The molecule has 2 N–H and O–H groups in total. The van der Waals surface area contributed by atoms with E-state index in [0.29, 0.717) is 13.1 Å². The van der Waals surface area contributed by atoms with E-state index in [1.54, 1.807) is 10.9 Å². The molecule has 0 aliphatic carbocycles. The Morgan fingerprint density at radius 1 is 1.44 bits per heavy atom. The lowest BCUT2D eigenvalue weighted by Crippen LogP contribution is -2.03. The van der Waals surface area contributed by atoms with Gasteiger partial charge in [0.05, 0.1) is 30.7 Å². The van der Waals surface area contributed by atoms with E-state index in [-0.39, 0.29) is 6.61 Å². The molecule has 2 aromatic rings. The molecule has 18 heavy (non-hydrogen) atoms. The Labute approximate surface area is 114 Å². The quantitative estimate of drug-likeness (QED) is 0.829. The molecule has 0 spiro atoms. The van der Waals surface area contributed by atoms with Crippen molar-refractivity contribution in [2.45, 2.75) is 20.0 Å². The molecular weight excluding hydrogens is 296 g/mol. The van der Waals surface area contributed by atoms with Crippen LogP contribution in [0.15, 0.2) is 29.1 Å². The van der Waals surface area contributed by atoms with Gasteiger partial charge in [0.25, 0.3) is 0 Å². The minimum Gasteiger partial charge on any atom is -0.394 e. The SMILES string of the molecule is Cc1nc(Br)ccc1NCc1cnn(CCO)c1. The second-order valence-corrected chi connectivity index (χ2v) is 4.77. The number of aliphatic hydroxyl groups excluding tert-OH is 1. The Balaban J connectivity index is 1.97. The van der Waals surface area contributed by atoms with Crippen molar-refractivity contribution >= 4 is 21.6 Å². The lowest BCUT2D eigenvalue weighted by atomic mass is 10.3. The Bertz CT molecular complexity index is 527. The first kappa shape index (κ1) is 13.0. The van der Waals surface area contributed by atoms with Gasteiger partial charge in [-0.1, -0.05) is 0 Å². The summed E-state index contributed by atoms with van der Waals surface area (Å²) in [5, 5.41) is 16.3. The van der Waals surface area contributed by atoms with Crippen molar-refractivity contribution in [1.29, 1.82) is 0 Å². The van der Waals surface area contributed by atoms with E-state index in [9.17, 15) is 0 Å². The maximum atomic E-state index is 8.81. The molecule has 0 saturated carbocycles. The van der Waals surface area contributed by atoms with E-state index in [0.717, 1.165) is 21.5 Å². The van der Waals surface area contributed by atoms with E-state index >= 15 is 0 Å². The van der Waals surface area contributed by atoms with E-state index in [4.69, 9.17) is 5.11 Å². The molecule has 0 aromatic carbocycles. The summed E-state index contributed by atoms with van der Waals surface area (Å²) < 4.78 is 2.56. The minimum atomic E-state index is 0.101. The van der Waals surface area contributed by atoms with Crippen LogP contribution in [0.3, 0.4) is 0 Å². The van der Waals surface area contributed by atoms with Crippen LogP contribution in [0.5, 0.6) is 0 Å². The molecule has 0 aliphatic rings. The number of nitrogens with zero attached hydrogens (tertiary/aromatic N) is 3. The molecule has 0 bridgehead atoms. The summed E-state index contributed by atoms with van der Waals surface area (Å²) in [6.07, 6.45) is 3.72. The second kappa shape index (κ2) is 5.97. The zero-order chi connectivity index (χ0) is 13.0. The molecule has 6 heteroatoms. The van der Waals surface area contributed by atoms with Gasteiger partial charge >= 0.3 is 0 Å². The minimum absolute atomic E-state index is 0.101. The molecule has 96 valence electrons. The van der Waals surface area contributed by atoms with Crippen LogP contribution in [0.1, 0.15) is 11.3 Å². The van der Waals surface area contributed by atoms with Crippen LogP contribution in [0.2, 0.25) is 0 Å². The number of rotatable bonds is 5. The molecule has 5 nitrogen and oxygen atoms in total. The molecular formula is C12H15BrN4O. The molecule has 2 rings (SSSR count). The fourth-order valence-corrected chi connectivity index (χ4v) is 2.04. The Kier molecular flexibility index (Phi) is 4.33. The van der Waals surface area contributed by atoms with E-state index < -0.39 is 0 Å². The normalized spacial score (nSPS) is 10.6. The fourth-order valence-electron chi connectivity index (χ4n) is 1.64. The third kappa shape index (κ3) is 3.30. The standard InChI is InChI=1S/C12H15BrN4O/c1-9-11(2-3-12(13)16-9)14-6-10-7-15-17(8-10)4-5-18/h2-3,7-8,14,18H,4-6H2,1H3. The van der Waals surface area contributed by atoms with Gasteiger partial charge in [-0.05, 0) is 35.0 Å². The van der Waals surface area contributed by atoms with Crippen molar-refractivity contribution < 1.29 is 5.11 Å². The van der Waals surface area contributed by atoms with Crippen LogP contribution in [0, 0.1) is 6.92 Å². The van der Waals surface area contributed by atoms with E-state index in [1.165, 1.54) is 0 Å². The van der Waals surface area contributed by atoms with Gasteiger partial charge in [0.1, 0.15) is 4.60 Å². The number of aliphatic hydroxyl groups is 1. The summed E-state index contributed by atoms with van der Waals surface area (Å²) in [6.45, 7) is 3.28.